The SMILES string of the molecule is COc1cc(NC(=O)C2CC2(Cl)Cl)cc(OC)c1OC. The summed E-state index contributed by atoms with van der Waals surface area (Å²) in [4.78, 5) is 12.0. The number of anilines is 1. The van der Waals surface area contributed by atoms with Crippen molar-refractivity contribution in [3.05, 3.63) is 12.1 Å². The van der Waals surface area contributed by atoms with E-state index in [4.69, 9.17) is 37.4 Å². The third kappa shape index (κ3) is 2.88. The Balaban J connectivity index is 2.22. The third-order valence-electron chi connectivity index (χ3n) is 3.07. The van der Waals surface area contributed by atoms with Crippen LogP contribution >= 0.6 is 23.2 Å². The lowest BCUT2D eigenvalue weighted by Gasteiger charge is -2.14. The molecular weight excluding hydrogens is 305 g/mol. The average Bonchev–Trinajstić information content (AvgIpc) is 3.06. The number of carbonyl (C=O) groups is 1. The number of hydrogen-bond donors (Lipinski definition) is 1. The van der Waals surface area contributed by atoms with Crippen molar-refractivity contribution in [2.45, 2.75) is 10.8 Å². The highest BCUT2D eigenvalue weighted by Crippen LogP contribution is 2.53. The van der Waals surface area contributed by atoms with E-state index in [-0.39, 0.29) is 5.91 Å². The van der Waals surface area contributed by atoms with Gasteiger partial charge in [-0.05, 0) is 6.42 Å². The van der Waals surface area contributed by atoms with Crippen molar-refractivity contribution in [3.63, 3.8) is 0 Å². The minimum absolute atomic E-state index is 0.232. The molecule has 0 radical (unpaired) electrons. The maximum atomic E-state index is 12.0. The average molecular weight is 320 g/mol. The summed E-state index contributed by atoms with van der Waals surface area (Å²) in [6, 6.07) is 3.29. The van der Waals surface area contributed by atoms with Crippen molar-refractivity contribution >= 4 is 34.8 Å². The van der Waals surface area contributed by atoms with Crippen molar-refractivity contribution in [1.82, 2.24) is 0 Å². The zero-order chi connectivity index (χ0) is 14.9. The van der Waals surface area contributed by atoms with Crippen molar-refractivity contribution in [3.8, 4) is 17.2 Å². The lowest BCUT2D eigenvalue weighted by Crippen LogP contribution is -2.17. The molecule has 1 aliphatic carbocycles. The van der Waals surface area contributed by atoms with E-state index in [0.29, 0.717) is 29.4 Å². The number of hydrogen-bond acceptors (Lipinski definition) is 4. The predicted molar refractivity (Wildman–Crippen MR) is 77.3 cm³/mol. The van der Waals surface area contributed by atoms with E-state index in [9.17, 15) is 4.79 Å². The monoisotopic (exact) mass is 319 g/mol. The van der Waals surface area contributed by atoms with Gasteiger partial charge in [-0.2, -0.15) is 0 Å². The van der Waals surface area contributed by atoms with Crippen LogP contribution in [-0.2, 0) is 4.79 Å². The van der Waals surface area contributed by atoms with Crippen molar-refractivity contribution < 1.29 is 19.0 Å². The maximum Gasteiger partial charge on any atom is 0.230 e. The lowest BCUT2D eigenvalue weighted by molar-refractivity contribution is -0.117. The molecule has 5 nitrogen and oxygen atoms in total. The molecule has 110 valence electrons. The first-order valence-electron chi connectivity index (χ1n) is 5.91. The van der Waals surface area contributed by atoms with E-state index < -0.39 is 10.3 Å². The van der Waals surface area contributed by atoms with E-state index in [0.717, 1.165) is 0 Å². The summed E-state index contributed by atoms with van der Waals surface area (Å²) in [6.45, 7) is 0. The molecule has 0 bridgehead atoms. The zero-order valence-corrected chi connectivity index (χ0v) is 12.8. The molecule has 1 saturated carbocycles. The van der Waals surface area contributed by atoms with Gasteiger partial charge in [-0.25, -0.2) is 0 Å². The molecule has 2 rings (SSSR count). The fourth-order valence-corrected chi connectivity index (χ4v) is 2.39. The molecule has 0 saturated heterocycles. The second kappa shape index (κ2) is 5.58. The van der Waals surface area contributed by atoms with Crippen LogP contribution in [0.5, 0.6) is 17.2 Å². The van der Waals surface area contributed by atoms with Gasteiger partial charge < -0.3 is 19.5 Å². The van der Waals surface area contributed by atoms with Gasteiger partial charge in [0.05, 0.1) is 27.2 Å². The zero-order valence-electron chi connectivity index (χ0n) is 11.3. The van der Waals surface area contributed by atoms with Gasteiger partial charge in [-0.15, -0.1) is 23.2 Å². The van der Waals surface area contributed by atoms with Crippen LogP contribution in [0.1, 0.15) is 6.42 Å². The van der Waals surface area contributed by atoms with Crippen LogP contribution in [0.3, 0.4) is 0 Å². The van der Waals surface area contributed by atoms with Crippen LogP contribution in [0.25, 0.3) is 0 Å². The highest BCUT2D eigenvalue weighted by Gasteiger charge is 2.56. The second-order valence-electron chi connectivity index (χ2n) is 4.42. The topological polar surface area (TPSA) is 56.8 Å². The number of nitrogens with one attached hydrogen (secondary N) is 1. The summed E-state index contributed by atoms with van der Waals surface area (Å²) < 4.78 is 14.7. The second-order valence-corrected chi connectivity index (χ2v) is 5.96. The van der Waals surface area contributed by atoms with Crippen molar-refractivity contribution in [2.75, 3.05) is 26.6 Å². The molecular formula is C13H15Cl2NO4. The highest BCUT2D eigenvalue weighted by atomic mass is 35.5. The Bertz CT molecular complexity index is 508. The minimum Gasteiger partial charge on any atom is -0.493 e. The smallest absolute Gasteiger partial charge is 0.230 e. The summed E-state index contributed by atoms with van der Waals surface area (Å²) in [7, 11) is 4.52. The summed E-state index contributed by atoms with van der Waals surface area (Å²) >= 11 is 11.7. The molecule has 0 heterocycles. The molecule has 1 N–H and O–H groups in total. The number of rotatable bonds is 5. The molecule has 1 unspecified atom stereocenters. The number of benzene rings is 1. The Morgan fingerprint density at radius 3 is 2.05 bits per heavy atom. The normalized spacial score (nSPS) is 19.1. The molecule has 1 aromatic carbocycles. The molecule has 1 aromatic rings. The van der Waals surface area contributed by atoms with Crippen LogP contribution in [0, 0.1) is 5.92 Å². The maximum absolute atomic E-state index is 12.0. The van der Waals surface area contributed by atoms with E-state index in [1.165, 1.54) is 21.3 Å². The number of ether oxygens (including phenoxy) is 3. The summed E-state index contributed by atoms with van der Waals surface area (Å²) in [6.07, 6.45) is 0.451. The first-order valence-corrected chi connectivity index (χ1v) is 6.67. The molecule has 1 aliphatic rings. The molecule has 20 heavy (non-hydrogen) atoms. The lowest BCUT2D eigenvalue weighted by atomic mass is 10.2. The largest absolute Gasteiger partial charge is 0.493 e. The Hall–Kier alpha value is -1.33. The van der Waals surface area contributed by atoms with Crippen LogP contribution in [-0.4, -0.2) is 31.6 Å². The van der Waals surface area contributed by atoms with Crippen LogP contribution in [0.4, 0.5) is 5.69 Å². The molecule has 0 aromatic heterocycles. The standard InChI is InChI=1S/C13H15Cl2NO4/c1-18-9-4-7(5-10(19-2)11(9)20-3)16-12(17)8-6-13(8,14)15/h4-5,8H,6H2,1-3H3,(H,16,17). The van der Waals surface area contributed by atoms with Crippen LogP contribution < -0.4 is 19.5 Å². The molecule has 1 atom stereocenters. The first kappa shape index (κ1) is 15.1. The van der Waals surface area contributed by atoms with E-state index in [1.54, 1.807) is 12.1 Å². The first-order chi connectivity index (χ1) is 9.42. The van der Waals surface area contributed by atoms with Gasteiger partial charge in [0.25, 0.3) is 0 Å². The number of halogens is 2. The fraction of sp³-hybridized carbons (Fsp3) is 0.462. The minimum atomic E-state index is -0.954. The van der Waals surface area contributed by atoms with Gasteiger partial charge in [-0.3, -0.25) is 4.79 Å². The Kier molecular flexibility index (Phi) is 4.20. The van der Waals surface area contributed by atoms with E-state index in [2.05, 4.69) is 5.32 Å². The number of alkyl halides is 2. The highest BCUT2D eigenvalue weighted by molar-refractivity contribution is 6.52. The molecule has 0 aliphatic heterocycles. The van der Waals surface area contributed by atoms with Gasteiger partial charge >= 0.3 is 0 Å². The van der Waals surface area contributed by atoms with Gasteiger partial charge in [0.2, 0.25) is 11.7 Å². The number of methoxy groups -OCH3 is 3. The quantitative estimate of drug-likeness (QED) is 0.848. The third-order valence-corrected chi connectivity index (χ3v) is 3.91. The van der Waals surface area contributed by atoms with Crippen molar-refractivity contribution in [2.24, 2.45) is 5.92 Å². The molecule has 1 fully saturated rings. The number of amides is 1. The number of carbonyl (C=O) groups excluding carboxylic acids is 1. The van der Waals surface area contributed by atoms with Crippen LogP contribution in [0.15, 0.2) is 12.1 Å². The van der Waals surface area contributed by atoms with Gasteiger partial charge in [-0.1, -0.05) is 0 Å². The molecule has 1 amide bonds. The Morgan fingerprint density at radius 1 is 1.20 bits per heavy atom. The summed E-state index contributed by atoms with van der Waals surface area (Å²) in [5.41, 5.74) is 0.528. The summed E-state index contributed by atoms with van der Waals surface area (Å²) in [5.74, 6) is 0.750. The molecule has 0 spiro atoms. The van der Waals surface area contributed by atoms with E-state index in [1.807, 2.05) is 0 Å². The van der Waals surface area contributed by atoms with Crippen LogP contribution in [0.2, 0.25) is 0 Å². The Morgan fingerprint density at radius 2 is 1.70 bits per heavy atom. The van der Waals surface area contributed by atoms with E-state index >= 15 is 0 Å². The predicted octanol–water partition coefficient (Wildman–Crippen LogP) is 2.84. The van der Waals surface area contributed by atoms with Crippen molar-refractivity contribution in [1.29, 1.82) is 0 Å². The fourth-order valence-electron chi connectivity index (χ4n) is 1.88. The molecule has 7 heteroatoms. The summed E-state index contributed by atoms with van der Waals surface area (Å²) in [5, 5.41) is 2.74. The van der Waals surface area contributed by atoms with Gasteiger partial charge in [0.15, 0.2) is 11.5 Å². The van der Waals surface area contributed by atoms with Gasteiger partial charge in [0, 0.05) is 17.8 Å². The Labute approximate surface area is 127 Å². The van der Waals surface area contributed by atoms with Gasteiger partial charge in [0.1, 0.15) is 4.33 Å².